The lowest BCUT2D eigenvalue weighted by Gasteiger charge is -2.29. The van der Waals surface area contributed by atoms with Crippen molar-refractivity contribution in [2.45, 2.75) is 58.7 Å². The Morgan fingerprint density at radius 3 is 2.95 bits per heavy atom. The van der Waals surface area contributed by atoms with Crippen molar-refractivity contribution in [2.75, 3.05) is 13.1 Å². The van der Waals surface area contributed by atoms with E-state index in [0.717, 1.165) is 13.1 Å². The molecule has 1 heterocycles. The van der Waals surface area contributed by atoms with E-state index in [1.54, 1.807) is 0 Å². The lowest BCUT2D eigenvalue weighted by atomic mass is 10.1. The van der Waals surface area contributed by atoms with Crippen molar-refractivity contribution in [1.29, 1.82) is 0 Å². The number of hydrogen-bond donors (Lipinski definition) is 1. The smallest absolute Gasteiger partial charge is 0.0237 e. The number of rotatable bonds is 4. The van der Waals surface area contributed by atoms with Crippen molar-refractivity contribution in [3.05, 3.63) is 35.4 Å². The fraction of sp³-hybridized carbons (Fsp3) is 0.647. The Morgan fingerprint density at radius 1 is 1.37 bits per heavy atom. The van der Waals surface area contributed by atoms with Crippen molar-refractivity contribution in [3.8, 4) is 0 Å². The second kappa shape index (κ2) is 7.06. The maximum absolute atomic E-state index is 3.70. The van der Waals surface area contributed by atoms with Gasteiger partial charge in [-0.3, -0.25) is 4.90 Å². The van der Waals surface area contributed by atoms with E-state index in [0.29, 0.717) is 12.1 Å². The van der Waals surface area contributed by atoms with E-state index >= 15 is 0 Å². The van der Waals surface area contributed by atoms with Crippen molar-refractivity contribution < 1.29 is 0 Å². The van der Waals surface area contributed by atoms with E-state index < -0.39 is 0 Å². The first kappa shape index (κ1) is 14.5. The average molecular weight is 260 g/mol. The van der Waals surface area contributed by atoms with E-state index in [4.69, 9.17) is 0 Å². The Hall–Kier alpha value is -0.860. The molecular formula is C17H28N2. The predicted molar refractivity (Wildman–Crippen MR) is 82.4 cm³/mol. The number of hydrogen-bond acceptors (Lipinski definition) is 2. The molecule has 2 unspecified atom stereocenters. The maximum Gasteiger partial charge on any atom is 0.0237 e. The molecule has 2 atom stereocenters. The Labute approximate surface area is 118 Å². The van der Waals surface area contributed by atoms with E-state index in [-0.39, 0.29) is 0 Å². The van der Waals surface area contributed by atoms with Gasteiger partial charge in [0.1, 0.15) is 0 Å². The molecule has 0 spiro atoms. The van der Waals surface area contributed by atoms with Crippen LogP contribution in [0, 0.1) is 6.92 Å². The Bertz CT molecular complexity index is 389. The first-order valence-corrected chi connectivity index (χ1v) is 7.72. The minimum absolute atomic E-state index is 0.666. The van der Waals surface area contributed by atoms with E-state index in [1.807, 2.05) is 0 Å². The molecule has 0 aliphatic carbocycles. The van der Waals surface area contributed by atoms with Crippen molar-refractivity contribution in [3.63, 3.8) is 0 Å². The van der Waals surface area contributed by atoms with Crippen LogP contribution in [-0.4, -0.2) is 30.1 Å². The number of nitrogens with one attached hydrogen (secondary N) is 1. The summed E-state index contributed by atoms with van der Waals surface area (Å²) < 4.78 is 0. The van der Waals surface area contributed by atoms with Crippen molar-refractivity contribution in [2.24, 2.45) is 0 Å². The highest BCUT2D eigenvalue weighted by atomic mass is 15.2. The molecule has 106 valence electrons. The highest BCUT2D eigenvalue weighted by Gasteiger charge is 2.22. The zero-order valence-electron chi connectivity index (χ0n) is 12.7. The van der Waals surface area contributed by atoms with Crippen LogP contribution in [0.15, 0.2) is 24.3 Å². The quantitative estimate of drug-likeness (QED) is 0.893. The van der Waals surface area contributed by atoms with Gasteiger partial charge in [0.05, 0.1) is 0 Å². The molecule has 1 saturated heterocycles. The Morgan fingerprint density at radius 2 is 2.21 bits per heavy atom. The van der Waals surface area contributed by atoms with Crippen LogP contribution in [0.3, 0.4) is 0 Å². The highest BCUT2D eigenvalue weighted by Crippen LogP contribution is 2.16. The summed E-state index contributed by atoms with van der Waals surface area (Å²) in [6, 6.07) is 10.3. The molecule has 2 rings (SSSR count). The summed E-state index contributed by atoms with van der Waals surface area (Å²) in [6.45, 7) is 10.3. The van der Waals surface area contributed by atoms with Gasteiger partial charge in [0.15, 0.2) is 0 Å². The van der Waals surface area contributed by atoms with Gasteiger partial charge >= 0.3 is 0 Å². The van der Waals surface area contributed by atoms with Gasteiger partial charge in [-0.05, 0) is 38.8 Å². The van der Waals surface area contributed by atoms with E-state index in [2.05, 4.69) is 55.3 Å². The number of nitrogens with zero attached hydrogens (tertiary/aromatic N) is 1. The number of benzene rings is 1. The summed E-state index contributed by atoms with van der Waals surface area (Å²) >= 11 is 0. The fourth-order valence-corrected chi connectivity index (χ4v) is 3.01. The molecule has 19 heavy (non-hydrogen) atoms. The normalized spacial score (nSPS) is 25.2. The first-order valence-electron chi connectivity index (χ1n) is 7.72. The van der Waals surface area contributed by atoms with Gasteiger partial charge in [-0.1, -0.05) is 43.2 Å². The van der Waals surface area contributed by atoms with Gasteiger partial charge < -0.3 is 5.32 Å². The summed E-state index contributed by atoms with van der Waals surface area (Å²) in [5.74, 6) is 0. The molecule has 2 nitrogen and oxygen atoms in total. The third kappa shape index (κ3) is 4.32. The lowest BCUT2D eigenvalue weighted by molar-refractivity contribution is 0.193. The molecule has 1 aromatic rings. The second-order valence-electron chi connectivity index (χ2n) is 6.00. The predicted octanol–water partition coefficient (Wildman–Crippen LogP) is 3.35. The fourth-order valence-electron chi connectivity index (χ4n) is 3.01. The summed E-state index contributed by atoms with van der Waals surface area (Å²) in [5.41, 5.74) is 2.81. The Balaban J connectivity index is 2.02. The average Bonchev–Trinajstić information content (AvgIpc) is 2.53. The monoisotopic (exact) mass is 260 g/mol. The maximum atomic E-state index is 3.70. The van der Waals surface area contributed by atoms with Gasteiger partial charge in [-0.2, -0.15) is 0 Å². The van der Waals surface area contributed by atoms with Crippen LogP contribution in [0.25, 0.3) is 0 Å². The molecule has 1 N–H and O–H groups in total. The summed E-state index contributed by atoms with van der Waals surface area (Å²) in [6.07, 6.45) is 3.81. The molecule has 0 saturated carbocycles. The van der Waals surface area contributed by atoms with Gasteiger partial charge in [0.2, 0.25) is 0 Å². The van der Waals surface area contributed by atoms with Crippen molar-refractivity contribution in [1.82, 2.24) is 10.2 Å². The van der Waals surface area contributed by atoms with Crippen LogP contribution in [0.4, 0.5) is 0 Å². The molecule has 1 aromatic carbocycles. The summed E-state index contributed by atoms with van der Waals surface area (Å²) in [4.78, 5) is 2.65. The topological polar surface area (TPSA) is 15.3 Å². The summed E-state index contributed by atoms with van der Waals surface area (Å²) in [7, 11) is 0. The zero-order valence-corrected chi connectivity index (χ0v) is 12.7. The molecule has 0 bridgehead atoms. The van der Waals surface area contributed by atoms with Gasteiger partial charge in [-0.15, -0.1) is 0 Å². The molecule has 1 fully saturated rings. The van der Waals surface area contributed by atoms with Gasteiger partial charge in [0, 0.05) is 25.2 Å². The van der Waals surface area contributed by atoms with Crippen LogP contribution in [0.5, 0.6) is 0 Å². The number of aryl methyl sites for hydroxylation is 1. The Kier molecular flexibility index (Phi) is 5.41. The van der Waals surface area contributed by atoms with Gasteiger partial charge in [-0.25, -0.2) is 0 Å². The molecule has 1 aliphatic heterocycles. The lowest BCUT2D eigenvalue weighted by Crippen LogP contribution is -2.39. The zero-order chi connectivity index (χ0) is 13.7. The van der Waals surface area contributed by atoms with Gasteiger partial charge in [0.25, 0.3) is 0 Å². The third-order valence-corrected chi connectivity index (χ3v) is 4.18. The van der Waals surface area contributed by atoms with Crippen LogP contribution in [-0.2, 0) is 6.54 Å². The van der Waals surface area contributed by atoms with E-state index in [1.165, 1.54) is 36.9 Å². The SMILES string of the molecule is CCCC1CN(Cc2cccc(C)c2)C(C)CCN1. The van der Waals surface area contributed by atoms with Crippen LogP contribution in [0.1, 0.15) is 44.2 Å². The standard InChI is InChI=1S/C17H28N2/c1-4-6-17-13-19(15(3)9-10-18-17)12-16-8-5-7-14(2)11-16/h5,7-8,11,15,17-18H,4,6,9-10,12-13H2,1-3H3. The minimum Gasteiger partial charge on any atom is -0.313 e. The van der Waals surface area contributed by atoms with Crippen molar-refractivity contribution >= 4 is 0 Å². The van der Waals surface area contributed by atoms with E-state index in [9.17, 15) is 0 Å². The molecule has 0 aromatic heterocycles. The molecule has 1 aliphatic rings. The minimum atomic E-state index is 0.666. The largest absolute Gasteiger partial charge is 0.313 e. The molecular weight excluding hydrogens is 232 g/mol. The van der Waals surface area contributed by atoms with Crippen LogP contribution < -0.4 is 5.32 Å². The molecule has 0 amide bonds. The molecule has 2 heteroatoms. The summed E-state index contributed by atoms with van der Waals surface area (Å²) in [5, 5.41) is 3.70. The second-order valence-corrected chi connectivity index (χ2v) is 6.00. The van der Waals surface area contributed by atoms with Crippen LogP contribution in [0.2, 0.25) is 0 Å². The van der Waals surface area contributed by atoms with Crippen LogP contribution >= 0.6 is 0 Å². The molecule has 0 radical (unpaired) electrons. The highest BCUT2D eigenvalue weighted by molar-refractivity contribution is 5.22. The third-order valence-electron chi connectivity index (χ3n) is 4.18. The first-order chi connectivity index (χ1) is 9.19.